The van der Waals surface area contributed by atoms with Crippen LogP contribution in [0.1, 0.15) is 64.2 Å². The maximum atomic E-state index is 12.2. The molecule has 9 rings (SSSR count). The summed E-state index contributed by atoms with van der Waals surface area (Å²) < 4.78 is 74.7. The first kappa shape index (κ1) is 45.4. The van der Waals surface area contributed by atoms with Gasteiger partial charge in [0.05, 0.1) is 15.2 Å². The largest absolute Gasteiger partial charge is 0.344 e. The number of fused-ring (bicyclic) bond motifs is 6. The first-order valence-corrected chi connectivity index (χ1v) is 25.6. The molecule has 0 bridgehead atoms. The van der Waals surface area contributed by atoms with Crippen molar-refractivity contribution in [2.24, 2.45) is 0 Å². The highest BCUT2D eigenvalue weighted by atomic mass is 35.5. The summed E-state index contributed by atoms with van der Waals surface area (Å²) in [4.78, 5) is 2.04. The van der Waals surface area contributed by atoms with Gasteiger partial charge in [0.15, 0.2) is 30.5 Å². The van der Waals surface area contributed by atoms with Gasteiger partial charge in [-0.2, -0.15) is 30.5 Å². The van der Waals surface area contributed by atoms with Gasteiger partial charge in [-0.1, -0.05) is 61.9 Å². The van der Waals surface area contributed by atoms with E-state index in [-0.39, 0.29) is 9.79 Å². The van der Waals surface area contributed by atoms with E-state index in [1.807, 2.05) is 42.5 Å². The van der Waals surface area contributed by atoms with Gasteiger partial charge in [-0.3, -0.25) is 9.11 Å². The number of hydrogen-bond acceptors (Lipinski definition) is 5. The van der Waals surface area contributed by atoms with Gasteiger partial charge in [-0.05, 0) is 126 Å². The number of pyridine rings is 2. The van der Waals surface area contributed by atoms with E-state index >= 15 is 0 Å². The topological polar surface area (TPSA) is 123 Å². The average molecular weight is 943 g/mol. The number of likely N-dealkylation sites (N-methyl/N-ethyl adjacent to an activating group) is 1. The van der Waals surface area contributed by atoms with Crippen molar-refractivity contribution < 1.29 is 39.7 Å². The molecule has 0 amide bonds. The van der Waals surface area contributed by atoms with Gasteiger partial charge in [0.2, 0.25) is 18.8 Å². The van der Waals surface area contributed by atoms with Crippen LogP contribution in [-0.4, -0.2) is 49.3 Å². The molecule has 13 heteroatoms. The smallest absolute Gasteiger partial charge is 0.294 e. The van der Waals surface area contributed by atoms with Crippen LogP contribution in [0.3, 0.4) is 0 Å². The van der Waals surface area contributed by atoms with Crippen molar-refractivity contribution >= 4 is 70.5 Å². The second-order valence-electron chi connectivity index (χ2n) is 18.1. The summed E-state index contributed by atoms with van der Waals surface area (Å²) in [5.41, 5.74) is 8.86. The molecular weight excluding hydrogens is 888 g/mol. The highest BCUT2D eigenvalue weighted by Gasteiger charge is 2.49. The van der Waals surface area contributed by atoms with Crippen LogP contribution < -0.4 is 14.0 Å². The van der Waals surface area contributed by atoms with Crippen LogP contribution in [0, 0.1) is 0 Å². The van der Waals surface area contributed by atoms with E-state index in [1.165, 1.54) is 18.2 Å². The van der Waals surface area contributed by atoms with Gasteiger partial charge in [0, 0.05) is 70.3 Å². The molecule has 1 aliphatic carbocycles. The van der Waals surface area contributed by atoms with Crippen LogP contribution in [0.4, 0.5) is 11.4 Å². The Bertz CT molecular complexity index is 3360. The monoisotopic (exact) mass is 941 g/mol. The van der Waals surface area contributed by atoms with Crippen molar-refractivity contribution in [3.05, 3.63) is 179 Å². The summed E-state index contributed by atoms with van der Waals surface area (Å²) in [7, 11) is -8.73. The van der Waals surface area contributed by atoms with Gasteiger partial charge >= 0.3 is 0 Å². The molecule has 6 aromatic rings. The van der Waals surface area contributed by atoms with Crippen LogP contribution in [0.15, 0.2) is 172 Å². The van der Waals surface area contributed by atoms with E-state index in [9.17, 15) is 25.9 Å². The number of anilines is 1. The molecule has 3 aliphatic rings. The molecule has 0 spiro atoms. The van der Waals surface area contributed by atoms with Gasteiger partial charge in [-0.25, -0.2) is 0 Å². The third-order valence-corrected chi connectivity index (χ3v) is 15.9. The summed E-state index contributed by atoms with van der Waals surface area (Å²) in [5.74, 6) is 0. The van der Waals surface area contributed by atoms with E-state index in [0.717, 1.165) is 110 Å². The third-order valence-electron chi connectivity index (χ3n) is 13.7. The zero-order valence-electron chi connectivity index (χ0n) is 37.7. The molecule has 338 valence electrons. The fourth-order valence-corrected chi connectivity index (χ4v) is 11.9. The van der Waals surface area contributed by atoms with Crippen LogP contribution in [0.25, 0.3) is 21.5 Å². The summed E-state index contributed by atoms with van der Waals surface area (Å²) in [6, 6.07) is 28.0. The van der Waals surface area contributed by atoms with Crippen LogP contribution in [-0.2, 0) is 50.6 Å². The van der Waals surface area contributed by atoms with Gasteiger partial charge in [0.1, 0.15) is 6.54 Å². The molecule has 0 saturated heterocycles. The van der Waals surface area contributed by atoms with E-state index in [4.69, 9.17) is 11.6 Å². The maximum absolute atomic E-state index is 12.2. The molecule has 4 heterocycles. The average Bonchev–Trinajstić information content (AvgIpc) is 3.85. The minimum atomic E-state index is -4.39. The third kappa shape index (κ3) is 8.13. The first-order chi connectivity index (χ1) is 31.4. The first-order valence-electron chi connectivity index (χ1n) is 22.3. The van der Waals surface area contributed by atoms with E-state index < -0.39 is 31.1 Å². The number of hydrogen-bond donors (Lipinski definition) is 2. The predicted molar refractivity (Wildman–Crippen MR) is 261 cm³/mol. The number of aromatic nitrogens is 2. The summed E-state index contributed by atoms with van der Waals surface area (Å²) >= 11 is 7.30. The Hall–Kier alpha value is -5.76. The SMILES string of the molecule is CCN1/C(=C/C=C2\CCC(/C=C/C3=[N+](CC)c4ccc5cc(S(=O)(=O)O)ccc5c4C3(C)Cc3cc[n+](CC[n+]4ccccc4)cc3)=C2Cl)C(C)(C)c2c1ccc1cc(S(=O)(=O)O)ccc21. The Morgan fingerprint density at radius 3 is 1.92 bits per heavy atom. The molecule has 0 fully saturated rings. The molecule has 2 N–H and O–H groups in total. The van der Waals surface area contributed by atoms with Crippen LogP contribution in [0.2, 0.25) is 0 Å². The van der Waals surface area contributed by atoms with E-state index in [0.29, 0.717) is 13.0 Å². The standard InChI is InChI=1S/C53H52ClN4O6S2/c1-6-57-45-21-13-39-33-41(65(59,60)61)17-19-43(39)49(45)52(3,4)47(57)23-15-37-11-12-38(51(37)54)16-24-48-53(5,35-36-25-29-56(30-26-36)32-31-55-27-9-8-10-28-55)50-44-20-18-42(66(62,63)64)34-40(44)14-22-46(50)58(48)7-2/h8-10,13-30,33-34H,6-7,11-12,31-32,35H2,1-5H3/q+1/p+2. The zero-order valence-corrected chi connectivity index (χ0v) is 40.1. The molecule has 66 heavy (non-hydrogen) atoms. The fraction of sp³-hybridized carbons (Fsp3) is 0.264. The molecular formula is C53H54ClN4O6S2+3. The zero-order chi connectivity index (χ0) is 46.8. The molecule has 1 unspecified atom stereocenters. The lowest BCUT2D eigenvalue weighted by Crippen LogP contribution is -2.43. The number of aryl methyl sites for hydroxylation is 2. The molecule has 10 nitrogen and oxygen atoms in total. The van der Waals surface area contributed by atoms with Crippen molar-refractivity contribution in [3.63, 3.8) is 0 Å². The van der Waals surface area contributed by atoms with Crippen molar-refractivity contribution in [2.75, 3.05) is 18.0 Å². The lowest BCUT2D eigenvalue weighted by Gasteiger charge is -2.26. The highest BCUT2D eigenvalue weighted by molar-refractivity contribution is 7.86. The number of allylic oxidation sites excluding steroid dienone is 8. The summed E-state index contributed by atoms with van der Waals surface area (Å²) in [5, 5.41) is 4.08. The van der Waals surface area contributed by atoms with Crippen LogP contribution >= 0.6 is 11.6 Å². The molecule has 2 aromatic heterocycles. The molecule has 0 radical (unpaired) electrons. The summed E-state index contributed by atoms with van der Waals surface area (Å²) in [6.07, 6.45) is 19.3. The second kappa shape index (κ2) is 17.2. The number of nitrogens with zero attached hydrogens (tertiary/aromatic N) is 4. The Morgan fingerprint density at radius 2 is 1.32 bits per heavy atom. The molecule has 0 saturated carbocycles. The normalized spacial score (nSPS) is 19.7. The van der Waals surface area contributed by atoms with Crippen molar-refractivity contribution in [3.8, 4) is 0 Å². The van der Waals surface area contributed by atoms with Crippen molar-refractivity contribution in [1.82, 2.24) is 0 Å². The Balaban J connectivity index is 1.06. The van der Waals surface area contributed by atoms with Crippen LogP contribution in [0.5, 0.6) is 0 Å². The minimum absolute atomic E-state index is 0.127. The minimum Gasteiger partial charge on any atom is -0.344 e. The van der Waals surface area contributed by atoms with Gasteiger partial charge in [0.25, 0.3) is 20.2 Å². The predicted octanol–water partition coefficient (Wildman–Crippen LogP) is 9.85. The maximum Gasteiger partial charge on any atom is 0.294 e. The number of halogens is 1. The van der Waals surface area contributed by atoms with E-state index in [1.54, 1.807) is 12.1 Å². The van der Waals surface area contributed by atoms with E-state index in [2.05, 4.69) is 121 Å². The molecule has 1 atom stereocenters. The molecule has 4 aromatic carbocycles. The molecule has 2 aliphatic heterocycles. The van der Waals surface area contributed by atoms with Crippen molar-refractivity contribution in [1.29, 1.82) is 0 Å². The van der Waals surface area contributed by atoms with Gasteiger partial charge in [-0.15, -0.1) is 0 Å². The summed E-state index contributed by atoms with van der Waals surface area (Å²) in [6.45, 7) is 14.0. The number of rotatable bonds is 12. The fourth-order valence-electron chi connectivity index (χ4n) is 10.5. The Morgan fingerprint density at radius 1 is 0.712 bits per heavy atom. The van der Waals surface area contributed by atoms with Crippen molar-refractivity contribution in [2.45, 2.75) is 87.6 Å². The Kier molecular flexibility index (Phi) is 11.8. The lowest BCUT2D eigenvalue weighted by molar-refractivity contribution is -0.778. The van der Waals surface area contributed by atoms with Gasteiger partial charge < -0.3 is 4.90 Å². The quantitative estimate of drug-likeness (QED) is 0.0926. The Labute approximate surface area is 392 Å². The number of benzene rings is 4. The highest BCUT2D eigenvalue weighted by Crippen LogP contribution is 2.51. The second-order valence-corrected chi connectivity index (χ2v) is 21.3. The lowest BCUT2D eigenvalue weighted by atomic mass is 9.73.